The summed E-state index contributed by atoms with van der Waals surface area (Å²) in [6.07, 6.45) is 5.76. The number of nitrogens with one attached hydrogen (secondary N) is 1. The molecule has 6 rings (SSSR count). The van der Waals surface area contributed by atoms with Crippen LogP contribution in [0.1, 0.15) is 25.3 Å². The van der Waals surface area contributed by atoms with Crippen molar-refractivity contribution in [3.05, 3.63) is 54.1 Å². The molecule has 2 aromatic heterocycles. The van der Waals surface area contributed by atoms with Gasteiger partial charge in [-0.1, -0.05) is 35.1 Å². The van der Waals surface area contributed by atoms with Crippen molar-refractivity contribution in [2.24, 2.45) is 11.3 Å². The molecule has 0 bridgehead atoms. The summed E-state index contributed by atoms with van der Waals surface area (Å²) < 4.78 is 11.5. The molecule has 1 aliphatic carbocycles. The van der Waals surface area contributed by atoms with Crippen molar-refractivity contribution in [3.63, 3.8) is 0 Å². The average Bonchev–Trinajstić information content (AvgIpc) is 3.61. The Kier molecular flexibility index (Phi) is 6.22. The van der Waals surface area contributed by atoms with Gasteiger partial charge < -0.3 is 19.3 Å². The molecule has 1 spiro atoms. The van der Waals surface area contributed by atoms with Crippen molar-refractivity contribution in [1.29, 1.82) is 0 Å². The second-order valence-electron chi connectivity index (χ2n) is 10.5. The molecule has 38 heavy (non-hydrogen) atoms. The number of carbonyl (C=O) groups is 2. The highest BCUT2D eigenvalue weighted by atomic mass is 32.1. The number of aryl methyl sites for hydroxylation is 1. The number of anilines is 1. The zero-order chi connectivity index (χ0) is 26.4. The topological polar surface area (TPSA) is 96.9 Å². The van der Waals surface area contributed by atoms with E-state index in [-0.39, 0.29) is 35.4 Å². The number of hydrogen-bond donors (Lipinski definition) is 1. The first-order valence-corrected chi connectivity index (χ1v) is 13.7. The number of carbonyl (C=O) groups excluding carboxylic acids is 2. The zero-order valence-corrected chi connectivity index (χ0v) is 22.5. The Morgan fingerprint density at radius 2 is 1.92 bits per heavy atom. The molecule has 0 saturated carbocycles. The van der Waals surface area contributed by atoms with E-state index in [0.29, 0.717) is 41.0 Å². The number of thiazole rings is 1. The van der Waals surface area contributed by atoms with Crippen LogP contribution in [0.2, 0.25) is 0 Å². The third kappa shape index (κ3) is 4.47. The van der Waals surface area contributed by atoms with Gasteiger partial charge in [-0.05, 0) is 50.0 Å². The first-order chi connectivity index (χ1) is 18.3. The summed E-state index contributed by atoms with van der Waals surface area (Å²) in [6.45, 7) is 5.63. The lowest BCUT2D eigenvalue weighted by molar-refractivity contribution is -0.128. The number of ether oxygens (including phenoxy) is 2. The molecule has 1 N–H and O–H groups in total. The Labute approximate surface area is 225 Å². The number of pyridine rings is 1. The van der Waals surface area contributed by atoms with E-state index in [1.165, 1.54) is 16.9 Å². The second-order valence-corrected chi connectivity index (χ2v) is 11.5. The van der Waals surface area contributed by atoms with Gasteiger partial charge in [-0.25, -0.2) is 14.8 Å². The van der Waals surface area contributed by atoms with Crippen LogP contribution >= 0.6 is 11.3 Å². The minimum Gasteiger partial charge on any atom is -0.486 e. The smallest absolute Gasteiger partial charge is 0.324 e. The molecule has 3 amide bonds. The monoisotopic (exact) mass is 533 g/mol. The van der Waals surface area contributed by atoms with Crippen molar-refractivity contribution in [3.8, 4) is 11.6 Å². The molecule has 2 aliphatic heterocycles. The highest BCUT2D eigenvalue weighted by Gasteiger charge is 2.57. The van der Waals surface area contributed by atoms with Crippen LogP contribution in [0.25, 0.3) is 10.3 Å². The van der Waals surface area contributed by atoms with Gasteiger partial charge in [0.25, 0.3) is 0 Å². The van der Waals surface area contributed by atoms with Crippen molar-refractivity contribution < 1.29 is 19.1 Å². The third-order valence-corrected chi connectivity index (χ3v) is 8.99. The highest BCUT2D eigenvalue weighted by molar-refractivity contribution is 7.21. The van der Waals surface area contributed by atoms with Crippen LogP contribution in [0, 0.1) is 18.3 Å². The van der Waals surface area contributed by atoms with E-state index in [2.05, 4.69) is 34.4 Å². The number of rotatable bonds is 4. The average molecular weight is 534 g/mol. The van der Waals surface area contributed by atoms with Gasteiger partial charge in [-0.15, -0.1) is 0 Å². The lowest BCUT2D eigenvalue weighted by Gasteiger charge is -2.36. The predicted octanol–water partition coefficient (Wildman–Crippen LogP) is 4.49. The fraction of sp³-hybridized carbons (Fsp3) is 0.429. The summed E-state index contributed by atoms with van der Waals surface area (Å²) in [5.41, 5.74) is 1.73. The summed E-state index contributed by atoms with van der Waals surface area (Å²) in [6, 6.07) is 11.4. The summed E-state index contributed by atoms with van der Waals surface area (Å²) in [5, 5.41) is 3.51. The molecule has 4 atom stereocenters. The van der Waals surface area contributed by atoms with Crippen molar-refractivity contribution >= 4 is 38.8 Å². The standard InChI is InChI=1S/C28H31N5O4S/c1-17-4-6-19(7-5-17)37-20-8-10-23-21(14-20)28(12-13-32(15-28)18(2)34)16-33(23)27(35)31-26-29-22-9-11-24(36-3)30-25(22)38-26/h4-11,20-21,23H,12-16H2,1-3H3,(H,29,31,35)/t20-,21?,23?,28?/m1/s1. The molecule has 2 saturated heterocycles. The minimum absolute atomic E-state index is 0.0765. The summed E-state index contributed by atoms with van der Waals surface area (Å²) in [7, 11) is 1.57. The van der Waals surface area contributed by atoms with Gasteiger partial charge in [0, 0.05) is 38.0 Å². The number of amides is 3. The molecule has 198 valence electrons. The molecule has 3 aromatic rings. The number of hydrogen-bond acceptors (Lipinski definition) is 7. The number of benzene rings is 1. The van der Waals surface area contributed by atoms with E-state index >= 15 is 0 Å². The number of aromatic nitrogens is 2. The summed E-state index contributed by atoms with van der Waals surface area (Å²) in [4.78, 5) is 39.4. The molecule has 2 fully saturated rings. The molecule has 10 heteroatoms. The van der Waals surface area contributed by atoms with Gasteiger partial charge in [0.15, 0.2) is 5.13 Å². The number of urea groups is 1. The number of likely N-dealkylation sites (tertiary alicyclic amines) is 2. The van der Waals surface area contributed by atoms with Crippen LogP contribution in [-0.2, 0) is 4.79 Å². The van der Waals surface area contributed by atoms with E-state index < -0.39 is 0 Å². The summed E-state index contributed by atoms with van der Waals surface area (Å²) >= 11 is 1.32. The fourth-order valence-corrected chi connectivity index (χ4v) is 6.97. The van der Waals surface area contributed by atoms with Gasteiger partial charge in [0.2, 0.25) is 11.8 Å². The molecule has 3 unspecified atom stereocenters. The lowest BCUT2D eigenvalue weighted by atomic mass is 9.70. The molecule has 9 nitrogen and oxygen atoms in total. The summed E-state index contributed by atoms with van der Waals surface area (Å²) in [5.74, 6) is 1.61. The maximum absolute atomic E-state index is 13.6. The van der Waals surface area contributed by atoms with Crippen LogP contribution in [0.3, 0.4) is 0 Å². The zero-order valence-electron chi connectivity index (χ0n) is 21.7. The van der Waals surface area contributed by atoms with Crippen molar-refractivity contribution in [2.45, 2.75) is 38.8 Å². The van der Waals surface area contributed by atoms with Crippen LogP contribution in [-0.4, -0.2) is 70.6 Å². The van der Waals surface area contributed by atoms with Gasteiger partial charge in [0.05, 0.1) is 13.2 Å². The third-order valence-electron chi connectivity index (χ3n) is 8.11. The van der Waals surface area contributed by atoms with Gasteiger partial charge in [-0.3, -0.25) is 10.1 Å². The van der Waals surface area contributed by atoms with E-state index in [4.69, 9.17) is 9.47 Å². The molecular formula is C28H31N5O4S. The van der Waals surface area contributed by atoms with E-state index in [9.17, 15) is 9.59 Å². The SMILES string of the molecule is COc1ccc2nc(NC(=O)N3CC4(CCN(C(C)=O)C4)C4C[C@H](Oc5ccc(C)cc5)C=CC43)sc2n1. The van der Waals surface area contributed by atoms with Gasteiger partial charge >= 0.3 is 6.03 Å². The first-order valence-electron chi connectivity index (χ1n) is 12.9. The van der Waals surface area contributed by atoms with Crippen LogP contribution in [0.5, 0.6) is 11.6 Å². The molecule has 3 aliphatic rings. The Hall–Kier alpha value is -3.66. The quantitative estimate of drug-likeness (QED) is 0.497. The first kappa shape index (κ1) is 24.7. The maximum Gasteiger partial charge on any atom is 0.324 e. The van der Waals surface area contributed by atoms with Crippen LogP contribution in [0.15, 0.2) is 48.6 Å². The molecule has 0 radical (unpaired) electrons. The van der Waals surface area contributed by atoms with Gasteiger partial charge in [0.1, 0.15) is 22.2 Å². The van der Waals surface area contributed by atoms with Crippen LogP contribution < -0.4 is 14.8 Å². The Balaban J connectivity index is 1.25. The Morgan fingerprint density at radius 3 is 2.66 bits per heavy atom. The van der Waals surface area contributed by atoms with E-state index in [0.717, 1.165) is 18.6 Å². The normalized spacial score (nSPS) is 26.1. The Bertz CT molecular complexity index is 1410. The predicted molar refractivity (Wildman–Crippen MR) is 146 cm³/mol. The minimum atomic E-state index is -0.188. The molecule has 4 heterocycles. The number of fused-ring (bicyclic) bond motifs is 3. The fourth-order valence-electron chi connectivity index (χ4n) is 6.15. The van der Waals surface area contributed by atoms with Gasteiger partial charge in [-0.2, -0.15) is 0 Å². The second kappa shape index (κ2) is 9.58. The lowest BCUT2D eigenvalue weighted by Crippen LogP contribution is -2.42. The molecular weight excluding hydrogens is 502 g/mol. The van der Waals surface area contributed by atoms with E-state index in [1.807, 2.05) is 40.1 Å². The van der Waals surface area contributed by atoms with Crippen molar-refractivity contribution in [2.75, 3.05) is 32.1 Å². The molecule has 1 aromatic carbocycles. The number of methoxy groups -OCH3 is 1. The largest absolute Gasteiger partial charge is 0.486 e. The van der Waals surface area contributed by atoms with Crippen molar-refractivity contribution in [1.82, 2.24) is 19.8 Å². The highest BCUT2D eigenvalue weighted by Crippen LogP contribution is 2.51. The number of nitrogens with zero attached hydrogens (tertiary/aromatic N) is 4. The Morgan fingerprint density at radius 1 is 1.11 bits per heavy atom. The van der Waals surface area contributed by atoms with Crippen LogP contribution in [0.4, 0.5) is 9.93 Å². The maximum atomic E-state index is 13.6. The van der Waals surface area contributed by atoms with E-state index in [1.54, 1.807) is 20.1 Å².